The van der Waals surface area contributed by atoms with E-state index in [4.69, 9.17) is 15.2 Å². The summed E-state index contributed by atoms with van der Waals surface area (Å²) < 4.78 is 11.5. The fourth-order valence-corrected chi connectivity index (χ4v) is 3.27. The van der Waals surface area contributed by atoms with Gasteiger partial charge in [-0.1, -0.05) is 6.07 Å². The zero-order valence-electron chi connectivity index (χ0n) is 11.6. The van der Waals surface area contributed by atoms with Gasteiger partial charge < -0.3 is 15.2 Å². The summed E-state index contributed by atoms with van der Waals surface area (Å²) in [5.74, 6) is 0.806. The van der Waals surface area contributed by atoms with E-state index >= 15 is 0 Å². The van der Waals surface area contributed by atoms with Gasteiger partial charge in [-0.05, 0) is 52.7 Å². The van der Waals surface area contributed by atoms with Crippen molar-refractivity contribution < 1.29 is 9.47 Å². The van der Waals surface area contributed by atoms with Gasteiger partial charge in [-0.25, -0.2) is 0 Å². The highest BCUT2D eigenvalue weighted by molar-refractivity contribution is 9.10. The Morgan fingerprint density at radius 3 is 2.65 bits per heavy atom. The first-order chi connectivity index (χ1) is 9.61. The average molecular weight is 356 g/mol. The molecule has 1 unspecified atom stereocenters. The second kappa shape index (κ2) is 7.22. The molecule has 5 heteroatoms. The third-order valence-electron chi connectivity index (χ3n) is 2.93. The van der Waals surface area contributed by atoms with Crippen LogP contribution in [0.15, 0.2) is 34.8 Å². The molecule has 3 nitrogen and oxygen atoms in total. The van der Waals surface area contributed by atoms with Crippen molar-refractivity contribution in [3.05, 3.63) is 50.1 Å². The van der Waals surface area contributed by atoms with Crippen molar-refractivity contribution in [1.29, 1.82) is 0 Å². The molecule has 1 aromatic carbocycles. The van der Waals surface area contributed by atoms with Crippen LogP contribution in [-0.2, 0) is 4.74 Å². The highest BCUT2D eigenvalue weighted by atomic mass is 79.9. The fourth-order valence-electron chi connectivity index (χ4n) is 1.85. The van der Waals surface area contributed by atoms with E-state index in [0.717, 1.165) is 15.8 Å². The Morgan fingerprint density at radius 2 is 2.05 bits per heavy atom. The number of halogens is 1. The van der Waals surface area contributed by atoms with Gasteiger partial charge in [0.05, 0.1) is 17.1 Å². The zero-order chi connectivity index (χ0) is 14.5. The van der Waals surface area contributed by atoms with Crippen LogP contribution >= 0.6 is 27.3 Å². The van der Waals surface area contributed by atoms with Crippen molar-refractivity contribution in [3.63, 3.8) is 0 Å². The molecule has 0 bridgehead atoms. The third kappa shape index (κ3) is 3.82. The van der Waals surface area contributed by atoms with Gasteiger partial charge in [0.15, 0.2) is 0 Å². The van der Waals surface area contributed by atoms with Gasteiger partial charge in [-0.15, -0.1) is 11.3 Å². The van der Waals surface area contributed by atoms with Crippen LogP contribution in [0.3, 0.4) is 0 Å². The monoisotopic (exact) mass is 355 g/mol. The molecule has 0 spiro atoms. The van der Waals surface area contributed by atoms with Crippen LogP contribution in [0.2, 0.25) is 0 Å². The van der Waals surface area contributed by atoms with E-state index in [2.05, 4.69) is 35.0 Å². The molecule has 0 aliphatic carbocycles. The largest absolute Gasteiger partial charge is 0.490 e. The normalized spacial score (nSPS) is 12.4. The number of benzene rings is 1. The highest BCUT2D eigenvalue weighted by Crippen LogP contribution is 2.32. The number of ether oxygens (including phenoxy) is 2. The number of hydrogen-bond donors (Lipinski definition) is 1. The van der Waals surface area contributed by atoms with Crippen molar-refractivity contribution in [3.8, 4) is 5.75 Å². The van der Waals surface area contributed by atoms with E-state index in [1.165, 1.54) is 9.75 Å². The number of aryl methyl sites for hydroxylation is 1. The minimum atomic E-state index is -0.0991. The summed E-state index contributed by atoms with van der Waals surface area (Å²) in [5, 5.41) is 0. The smallest absolute Gasteiger partial charge is 0.133 e. The van der Waals surface area contributed by atoms with Gasteiger partial charge in [-0.3, -0.25) is 0 Å². The SMILES string of the molecule is COCCOc1ccc(C(N)c2ccc(C)s2)cc1Br. The Hall–Kier alpha value is -0.880. The number of rotatable bonds is 6. The van der Waals surface area contributed by atoms with Crippen LogP contribution < -0.4 is 10.5 Å². The molecule has 0 aliphatic heterocycles. The summed E-state index contributed by atoms with van der Waals surface area (Å²) in [4.78, 5) is 2.44. The lowest BCUT2D eigenvalue weighted by molar-refractivity contribution is 0.146. The maximum atomic E-state index is 6.30. The predicted molar refractivity (Wildman–Crippen MR) is 86.6 cm³/mol. The Morgan fingerprint density at radius 1 is 1.25 bits per heavy atom. The van der Waals surface area contributed by atoms with Crippen LogP contribution in [0, 0.1) is 6.92 Å². The number of thiophene rings is 1. The molecule has 0 aliphatic rings. The molecule has 20 heavy (non-hydrogen) atoms. The Bertz CT molecular complexity index is 571. The summed E-state index contributed by atoms with van der Waals surface area (Å²) in [6.07, 6.45) is 0. The van der Waals surface area contributed by atoms with Gasteiger partial charge in [0.1, 0.15) is 12.4 Å². The highest BCUT2D eigenvalue weighted by Gasteiger charge is 2.13. The Labute approximate surface area is 131 Å². The number of nitrogens with two attached hydrogens (primary N) is 1. The third-order valence-corrected chi connectivity index (χ3v) is 4.63. The van der Waals surface area contributed by atoms with E-state index < -0.39 is 0 Å². The van der Waals surface area contributed by atoms with Crippen LogP contribution in [0.4, 0.5) is 0 Å². The molecule has 0 saturated heterocycles. The average Bonchev–Trinajstić information content (AvgIpc) is 2.86. The van der Waals surface area contributed by atoms with Gasteiger partial charge in [0.2, 0.25) is 0 Å². The molecule has 0 radical (unpaired) electrons. The summed E-state index contributed by atoms with van der Waals surface area (Å²) in [7, 11) is 1.66. The van der Waals surface area contributed by atoms with Crippen molar-refractivity contribution in [2.45, 2.75) is 13.0 Å². The lowest BCUT2D eigenvalue weighted by atomic mass is 10.1. The molecule has 2 N–H and O–H groups in total. The lowest BCUT2D eigenvalue weighted by Crippen LogP contribution is -2.10. The second-order valence-electron chi connectivity index (χ2n) is 4.46. The van der Waals surface area contributed by atoms with Gasteiger partial charge >= 0.3 is 0 Å². The molecular weight excluding hydrogens is 338 g/mol. The van der Waals surface area contributed by atoms with Gasteiger partial charge in [-0.2, -0.15) is 0 Å². The molecule has 0 amide bonds. The Kier molecular flexibility index (Phi) is 5.60. The molecule has 1 atom stereocenters. The van der Waals surface area contributed by atoms with Crippen LogP contribution in [0.1, 0.15) is 21.4 Å². The molecule has 108 valence electrons. The predicted octanol–water partition coefficient (Wildman–Crippen LogP) is 3.89. The first kappa shape index (κ1) is 15.5. The summed E-state index contributed by atoms with van der Waals surface area (Å²) in [6, 6.07) is 10.0. The van der Waals surface area contributed by atoms with Crippen LogP contribution in [0.25, 0.3) is 0 Å². The quantitative estimate of drug-likeness (QED) is 0.799. The van der Waals surface area contributed by atoms with E-state index in [-0.39, 0.29) is 6.04 Å². The van der Waals surface area contributed by atoms with Gasteiger partial charge in [0, 0.05) is 16.9 Å². The molecule has 1 heterocycles. The van der Waals surface area contributed by atoms with Crippen molar-refractivity contribution in [2.75, 3.05) is 20.3 Å². The van der Waals surface area contributed by atoms with Crippen molar-refractivity contribution in [1.82, 2.24) is 0 Å². The summed E-state index contributed by atoms with van der Waals surface area (Å²) in [5.41, 5.74) is 7.37. The first-order valence-corrected chi connectivity index (χ1v) is 7.96. The summed E-state index contributed by atoms with van der Waals surface area (Å²) in [6.45, 7) is 3.19. The maximum Gasteiger partial charge on any atom is 0.133 e. The summed E-state index contributed by atoms with van der Waals surface area (Å²) >= 11 is 5.26. The van der Waals surface area contributed by atoms with Crippen molar-refractivity contribution >= 4 is 27.3 Å². The molecule has 1 aromatic heterocycles. The molecule has 2 aromatic rings. The topological polar surface area (TPSA) is 44.5 Å². The van der Waals surface area contributed by atoms with Crippen LogP contribution in [-0.4, -0.2) is 20.3 Å². The minimum Gasteiger partial charge on any atom is -0.490 e. The molecular formula is C15H18BrNO2S. The minimum absolute atomic E-state index is 0.0991. The lowest BCUT2D eigenvalue weighted by Gasteiger charge is -2.13. The van der Waals surface area contributed by atoms with E-state index in [0.29, 0.717) is 13.2 Å². The zero-order valence-corrected chi connectivity index (χ0v) is 14.0. The first-order valence-electron chi connectivity index (χ1n) is 6.35. The number of hydrogen-bond acceptors (Lipinski definition) is 4. The molecule has 0 saturated carbocycles. The number of methoxy groups -OCH3 is 1. The van der Waals surface area contributed by atoms with E-state index in [9.17, 15) is 0 Å². The van der Waals surface area contributed by atoms with Crippen LogP contribution in [0.5, 0.6) is 5.75 Å². The van der Waals surface area contributed by atoms with Gasteiger partial charge in [0.25, 0.3) is 0 Å². The molecule has 2 rings (SSSR count). The Balaban J connectivity index is 2.12. The van der Waals surface area contributed by atoms with E-state index in [1.807, 2.05) is 18.2 Å². The van der Waals surface area contributed by atoms with E-state index in [1.54, 1.807) is 18.4 Å². The van der Waals surface area contributed by atoms with Crippen molar-refractivity contribution in [2.24, 2.45) is 5.73 Å². The fraction of sp³-hybridized carbons (Fsp3) is 0.333. The maximum absolute atomic E-state index is 6.30. The molecule has 0 fully saturated rings. The standard InChI is InChI=1S/C15H18BrNO2S/c1-10-3-6-14(20-10)15(17)11-4-5-13(12(16)9-11)19-8-7-18-2/h3-6,9,15H,7-8,17H2,1-2H3. The second-order valence-corrected chi connectivity index (χ2v) is 6.63.